The summed E-state index contributed by atoms with van der Waals surface area (Å²) in [5.41, 5.74) is 5.15. The minimum atomic E-state index is -0.579. The minimum absolute atomic E-state index is 0.0808. The molecule has 5 heterocycles. The fourth-order valence-corrected chi connectivity index (χ4v) is 5.80. The smallest absolute Gasteiger partial charge is 0.191 e. The number of aromatic nitrogens is 3. The maximum atomic E-state index is 13.7. The summed E-state index contributed by atoms with van der Waals surface area (Å²) >= 11 is 0. The normalized spacial score (nSPS) is 23.3. The van der Waals surface area contributed by atoms with E-state index in [-0.39, 0.29) is 23.9 Å². The van der Waals surface area contributed by atoms with Crippen molar-refractivity contribution in [2.24, 2.45) is 10.6 Å². The Balaban J connectivity index is 1.33. The van der Waals surface area contributed by atoms with Crippen molar-refractivity contribution in [3.63, 3.8) is 0 Å². The van der Waals surface area contributed by atoms with E-state index in [1.54, 1.807) is 24.7 Å². The number of hydrogen-bond acceptors (Lipinski definition) is 8. The highest BCUT2D eigenvalue weighted by molar-refractivity contribution is 6.05. The molecule has 2 fully saturated rings. The first-order valence-corrected chi connectivity index (χ1v) is 12.6. The maximum Gasteiger partial charge on any atom is 0.191 e. The highest BCUT2D eigenvalue weighted by Gasteiger charge is 2.50. The number of imidazole rings is 1. The molecule has 10 heteroatoms. The molecule has 2 saturated heterocycles. The van der Waals surface area contributed by atoms with Gasteiger partial charge in [-0.3, -0.25) is 0 Å². The predicted molar refractivity (Wildman–Crippen MR) is 137 cm³/mol. The number of nitrogens with zero attached hydrogens (tertiary/aromatic N) is 5. The van der Waals surface area contributed by atoms with Gasteiger partial charge in [-0.1, -0.05) is 28.5 Å². The lowest BCUT2D eigenvalue weighted by molar-refractivity contribution is -0.139. The van der Waals surface area contributed by atoms with Gasteiger partial charge in [0, 0.05) is 18.2 Å². The maximum absolute atomic E-state index is 13.7. The van der Waals surface area contributed by atoms with E-state index in [2.05, 4.69) is 26.3 Å². The number of amidine groups is 1. The summed E-state index contributed by atoms with van der Waals surface area (Å²) in [5.74, 6) is 0.399. The van der Waals surface area contributed by atoms with Crippen LogP contribution in [0.15, 0.2) is 70.4 Å². The third kappa shape index (κ3) is 3.71. The van der Waals surface area contributed by atoms with Gasteiger partial charge in [-0.2, -0.15) is 0 Å². The number of aryl methyl sites for hydroxylation is 1. The number of oxime groups is 1. The molecule has 1 N–H and O–H groups in total. The predicted octanol–water partition coefficient (Wildman–Crippen LogP) is 4.01. The van der Waals surface area contributed by atoms with Crippen molar-refractivity contribution in [3.8, 4) is 5.69 Å². The second-order valence-corrected chi connectivity index (χ2v) is 10.4. The molecule has 0 bridgehead atoms. The molecule has 0 radical (unpaired) electrons. The number of fused-ring (bicyclic) bond motifs is 2. The van der Waals surface area contributed by atoms with Gasteiger partial charge in [0.05, 0.1) is 55.2 Å². The lowest BCUT2D eigenvalue weighted by Crippen LogP contribution is -2.60. The number of benzene rings is 2. The fourth-order valence-electron chi connectivity index (χ4n) is 5.80. The second kappa shape index (κ2) is 8.78. The molecule has 2 unspecified atom stereocenters. The summed E-state index contributed by atoms with van der Waals surface area (Å²) in [7, 11) is 0. The summed E-state index contributed by atoms with van der Waals surface area (Å²) < 4.78 is 27.0. The van der Waals surface area contributed by atoms with E-state index in [0.717, 1.165) is 39.9 Å². The highest BCUT2D eigenvalue weighted by Crippen LogP contribution is 2.46. The van der Waals surface area contributed by atoms with Crippen LogP contribution in [-0.4, -0.2) is 63.0 Å². The van der Waals surface area contributed by atoms with Gasteiger partial charge in [0.2, 0.25) is 0 Å². The summed E-state index contributed by atoms with van der Waals surface area (Å²) in [6.45, 7) is 3.70. The Labute approximate surface area is 217 Å². The van der Waals surface area contributed by atoms with Crippen LogP contribution in [0.1, 0.15) is 29.3 Å². The molecule has 38 heavy (non-hydrogen) atoms. The Bertz CT molecular complexity index is 1570. The molecule has 7 rings (SSSR count). The van der Waals surface area contributed by atoms with Crippen LogP contribution >= 0.6 is 0 Å². The van der Waals surface area contributed by atoms with E-state index in [9.17, 15) is 9.50 Å². The molecule has 4 aromatic rings. The van der Waals surface area contributed by atoms with Crippen LogP contribution in [0.4, 0.5) is 4.39 Å². The Morgan fingerprint density at radius 2 is 2.03 bits per heavy atom. The highest BCUT2D eigenvalue weighted by atomic mass is 19.1. The molecule has 194 valence electrons. The Morgan fingerprint density at radius 1 is 1.18 bits per heavy atom. The van der Waals surface area contributed by atoms with Crippen molar-refractivity contribution in [3.05, 3.63) is 83.3 Å². The van der Waals surface area contributed by atoms with Gasteiger partial charge in [0.1, 0.15) is 5.82 Å². The topological polar surface area (TPSA) is 98.1 Å². The van der Waals surface area contributed by atoms with Gasteiger partial charge in [-0.15, -0.1) is 0 Å². The first-order valence-electron chi connectivity index (χ1n) is 12.6. The molecule has 2 aromatic carbocycles. The molecule has 0 aliphatic carbocycles. The van der Waals surface area contributed by atoms with Crippen LogP contribution < -0.4 is 0 Å². The van der Waals surface area contributed by atoms with Crippen molar-refractivity contribution in [1.29, 1.82) is 0 Å². The van der Waals surface area contributed by atoms with Gasteiger partial charge in [-0.25, -0.2) is 9.37 Å². The van der Waals surface area contributed by atoms with Crippen LogP contribution in [0, 0.1) is 18.2 Å². The number of halogens is 1. The number of aliphatic hydroxyl groups is 1. The Hall–Kier alpha value is -4.02. The van der Waals surface area contributed by atoms with E-state index >= 15 is 0 Å². The molecule has 9 nitrogen and oxygen atoms in total. The molecular weight excluding hydrogens is 489 g/mol. The van der Waals surface area contributed by atoms with Gasteiger partial charge in [-0.05, 0) is 54.3 Å². The quantitative estimate of drug-likeness (QED) is 0.439. The number of ether oxygens (including phenoxy) is 1. The van der Waals surface area contributed by atoms with Gasteiger partial charge >= 0.3 is 0 Å². The largest absolute Gasteiger partial charge is 0.392 e. The van der Waals surface area contributed by atoms with Crippen molar-refractivity contribution in [1.82, 2.24) is 19.6 Å². The summed E-state index contributed by atoms with van der Waals surface area (Å²) in [6.07, 6.45) is 7.71. The van der Waals surface area contributed by atoms with Crippen LogP contribution in [0.3, 0.4) is 0 Å². The van der Waals surface area contributed by atoms with Crippen molar-refractivity contribution in [2.75, 3.05) is 26.4 Å². The third-order valence-corrected chi connectivity index (χ3v) is 7.66. The standard InChI is InChI=1S/C28H26FN5O4/c1-17-11-33(16-30-17)23-7-4-19(22-10-31-38-26(22)23)8-20-9-28(14-36-15-28)13-34-25(18-2-5-21(29)6-3-18)24(12-35)37-32-27(20)34/h2-8,10-11,16,24-25,35H,9,12-15H2,1H3. The first-order chi connectivity index (χ1) is 18.5. The molecule has 1 spiro atoms. The first kappa shape index (κ1) is 23.1. The zero-order valence-electron chi connectivity index (χ0n) is 20.7. The molecule has 2 aromatic heterocycles. The average molecular weight is 516 g/mol. The summed E-state index contributed by atoms with van der Waals surface area (Å²) in [4.78, 5) is 12.3. The van der Waals surface area contributed by atoms with Crippen molar-refractivity contribution >= 4 is 22.9 Å². The van der Waals surface area contributed by atoms with E-state index in [4.69, 9.17) is 14.1 Å². The Morgan fingerprint density at radius 3 is 2.74 bits per heavy atom. The van der Waals surface area contributed by atoms with Gasteiger partial charge < -0.3 is 28.7 Å². The van der Waals surface area contributed by atoms with E-state index in [1.807, 2.05) is 29.8 Å². The average Bonchev–Trinajstić information content (AvgIpc) is 3.57. The van der Waals surface area contributed by atoms with Crippen LogP contribution in [0.5, 0.6) is 0 Å². The zero-order chi connectivity index (χ0) is 25.9. The second-order valence-electron chi connectivity index (χ2n) is 10.4. The fraction of sp³-hybridized carbons (Fsp3) is 0.321. The molecule has 2 atom stereocenters. The molecule has 0 saturated carbocycles. The van der Waals surface area contributed by atoms with Crippen molar-refractivity contribution < 1.29 is 23.6 Å². The number of piperidine rings is 1. The Kier molecular flexibility index (Phi) is 5.34. The van der Waals surface area contributed by atoms with E-state index < -0.39 is 6.10 Å². The monoisotopic (exact) mass is 515 g/mol. The van der Waals surface area contributed by atoms with Crippen LogP contribution in [0.2, 0.25) is 0 Å². The molecule has 3 aliphatic rings. The van der Waals surface area contributed by atoms with Crippen LogP contribution in [0.25, 0.3) is 22.7 Å². The van der Waals surface area contributed by atoms with Gasteiger partial charge in [0.15, 0.2) is 17.5 Å². The molecule has 3 aliphatic heterocycles. The van der Waals surface area contributed by atoms with Crippen molar-refractivity contribution in [2.45, 2.75) is 25.5 Å². The van der Waals surface area contributed by atoms with Gasteiger partial charge in [0.25, 0.3) is 0 Å². The summed E-state index contributed by atoms with van der Waals surface area (Å²) in [5, 5.41) is 19.6. The summed E-state index contributed by atoms with van der Waals surface area (Å²) in [6, 6.07) is 10.1. The molecular formula is C28H26FN5O4. The lowest BCUT2D eigenvalue weighted by Gasteiger charge is -2.53. The third-order valence-electron chi connectivity index (χ3n) is 7.66. The minimum Gasteiger partial charge on any atom is -0.392 e. The lowest BCUT2D eigenvalue weighted by atomic mass is 9.74. The van der Waals surface area contributed by atoms with E-state index in [0.29, 0.717) is 31.2 Å². The number of rotatable bonds is 4. The van der Waals surface area contributed by atoms with E-state index in [1.165, 1.54) is 12.1 Å². The number of aliphatic hydroxyl groups excluding tert-OH is 1. The SMILES string of the molecule is Cc1cn(-c2ccc(C=C3CC4(COC4)CN4C3=NOC(CO)C4c3ccc(F)cc3)c3cnoc23)cn1. The van der Waals surface area contributed by atoms with Crippen LogP contribution in [-0.2, 0) is 9.57 Å². The number of hydrogen-bond donors (Lipinski definition) is 1. The molecule has 0 amide bonds. The zero-order valence-corrected chi connectivity index (χ0v) is 20.7.